The number of anilines is 2. The number of aromatic nitrogens is 4. The molecule has 25 heavy (non-hydrogen) atoms. The van der Waals surface area contributed by atoms with Crippen LogP contribution in [0, 0.1) is 0 Å². The molecule has 0 aliphatic heterocycles. The molecule has 1 unspecified atom stereocenters. The first-order valence-electron chi connectivity index (χ1n) is 8.49. The Balaban J connectivity index is 1.93. The van der Waals surface area contributed by atoms with Crippen LogP contribution in [0.3, 0.4) is 0 Å². The van der Waals surface area contributed by atoms with Gasteiger partial charge in [0.1, 0.15) is 6.33 Å². The van der Waals surface area contributed by atoms with Crippen molar-refractivity contribution in [1.82, 2.24) is 19.5 Å². The van der Waals surface area contributed by atoms with E-state index in [0.29, 0.717) is 24.9 Å². The van der Waals surface area contributed by atoms with Gasteiger partial charge in [0, 0.05) is 19.1 Å². The van der Waals surface area contributed by atoms with Crippen molar-refractivity contribution in [2.75, 3.05) is 17.2 Å². The highest BCUT2D eigenvalue weighted by Gasteiger charge is 2.18. The molecular weight excluding hydrogens is 316 g/mol. The second-order valence-corrected chi connectivity index (χ2v) is 6.36. The molecule has 7 heteroatoms. The van der Waals surface area contributed by atoms with Crippen LogP contribution in [0.2, 0.25) is 0 Å². The van der Waals surface area contributed by atoms with Gasteiger partial charge in [-0.25, -0.2) is 15.0 Å². The van der Waals surface area contributed by atoms with Crippen LogP contribution in [0.25, 0.3) is 11.2 Å². The Morgan fingerprint density at radius 1 is 1.08 bits per heavy atom. The number of nitrogens with zero attached hydrogens (tertiary/aromatic N) is 4. The molecule has 0 radical (unpaired) electrons. The van der Waals surface area contributed by atoms with Crippen molar-refractivity contribution in [3.8, 4) is 0 Å². The van der Waals surface area contributed by atoms with Gasteiger partial charge in [-0.2, -0.15) is 0 Å². The van der Waals surface area contributed by atoms with Gasteiger partial charge in [0.25, 0.3) is 0 Å². The van der Waals surface area contributed by atoms with E-state index >= 15 is 0 Å². The molecule has 0 aliphatic carbocycles. The first kappa shape index (κ1) is 17.2. The molecule has 3 rings (SSSR count). The molecule has 0 aliphatic rings. The normalized spacial score (nSPS) is 12.5. The van der Waals surface area contributed by atoms with Crippen LogP contribution in [0.1, 0.15) is 32.4 Å². The lowest BCUT2D eigenvalue weighted by Crippen LogP contribution is -2.18. The zero-order chi connectivity index (χ0) is 17.8. The topological polar surface area (TPSA) is 87.9 Å². The number of nitrogens with one attached hydrogen (secondary N) is 2. The van der Waals surface area contributed by atoms with Crippen molar-refractivity contribution in [2.24, 2.45) is 0 Å². The fourth-order valence-electron chi connectivity index (χ4n) is 2.67. The van der Waals surface area contributed by atoms with Crippen LogP contribution in [0.15, 0.2) is 36.7 Å². The van der Waals surface area contributed by atoms with Gasteiger partial charge in [-0.3, -0.25) is 4.57 Å². The predicted molar refractivity (Wildman–Crippen MR) is 99.6 cm³/mol. The Kier molecular flexibility index (Phi) is 5.14. The van der Waals surface area contributed by atoms with Gasteiger partial charge in [0.05, 0.1) is 6.10 Å². The fourth-order valence-corrected chi connectivity index (χ4v) is 2.67. The second-order valence-electron chi connectivity index (χ2n) is 6.36. The third-order valence-electron chi connectivity index (χ3n) is 3.85. The smallest absolute Gasteiger partial charge is 0.205 e. The zero-order valence-electron chi connectivity index (χ0n) is 14.8. The summed E-state index contributed by atoms with van der Waals surface area (Å²) in [4.78, 5) is 13.4. The van der Waals surface area contributed by atoms with Gasteiger partial charge in [-0.1, -0.05) is 30.3 Å². The molecule has 3 aromatic rings. The lowest BCUT2D eigenvalue weighted by molar-refractivity contribution is 0.208. The molecule has 132 valence electrons. The van der Waals surface area contributed by atoms with Crippen molar-refractivity contribution in [2.45, 2.75) is 39.5 Å². The number of benzene rings is 1. The predicted octanol–water partition coefficient (Wildman–Crippen LogP) is 2.81. The highest BCUT2D eigenvalue weighted by Crippen LogP contribution is 2.26. The van der Waals surface area contributed by atoms with Crippen molar-refractivity contribution >= 4 is 22.9 Å². The van der Waals surface area contributed by atoms with Crippen LogP contribution >= 0.6 is 0 Å². The van der Waals surface area contributed by atoms with Gasteiger partial charge in [-0.05, 0) is 26.3 Å². The average molecular weight is 340 g/mol. The van der Waals surface area contributed by atoms with Gasteiger partial charge >= 0.3 is 0 Å². The van der Waals surface area contributed by atoms with E-state index in [4.69, 9.17) is 0 Å². The van der Waals surface area contributed by atoms with Crippen LogP contribution < -0.4 is 10.6 Å². The zero-order valence-corrected chi connectivity index (χ0v) is 14.8. The van der Waals surface area contributed by atoms with E-state index in [1.807, 2.05) is 22.8 Å². The number of hydrogen-bond acceptors (Lipinski definition) is 6. The lowest BCUT2D eigenvalue weighted by Gasteiger charge is -2.14. The maximum Gasteiger partial charge on any atom is 0.205 e. The molecule has 1 atom stereocenters. The average Bonchev–Trinajstić information content (AvgIpc) is 2.98. The Labute approximate surface area is 147 Å². The molecule has 1 aromatic carbocycles. The van der Waals surface area contributed by atoms with E-state index in [9.17, 15) is 5.11 Å². The molecule has 3 N–H and O–H groups in total. The minimum absolute atomic E-state index is 0.179. The van der Waals surface area contributed by atoms with E-state index in [0.717, 1.165) is 11.2 Å². The van der Waals surface area contributed by atoms with E-state index in [-0.39, 0.29) is 6.04 Å². The summed E-state index contributed by atoms with van der Waals surface area (Å²) in [7, 11) is 0. The van der Waals surface area contributed by atoms with Crippen LogP contribution in [-0.4, -0.2) is 37.3 Å². The highest BCUT2D eigenvalue weighted by molar-refractivity contribution is 5.85. The van der Waals surface area contributed by atoms with E-state index in [1.54, 1.807) is 13.3 Å². The van der Waals surface area contributed by atoms with E-state index in [1.165, 1.54) is 5.56 Å². The molecule has 0 fully saturated rings. The Bertz CT molecular complexity index is 828. The number of aliphatic hydroxyl groups excluding tert-OH is 1. The van der Waals surface area contributed by atoms with Crippen molar-refractivity contribution in [3.63, 3.8) is 0 Å². The number of rotatable bonds is 7. The summed E-state index contributed by atoms with van der Waals surface area (Å²) in [5, 5.41) is 16.1. The van der Waals surface area contributed by atoms with Gasteiger partial charge < -0.3 is 15.7 Å². The third-order valence-corrected chi connectivity index (χ3v) is 3.85. The summed E-state index contributed by atoms with van der Waals surface area (Å²) in [5.41, 5.74) is 2.67. The fraction of sp³-hybridized carbons (Fsp3) is 0.389. The molecule has 0 bridgehead atoms. The van der Waals surface area contributed by atoms with Crippen molar-refractivity contribution < 1.29 is 5.11 Å². The van der Waals surface area contributed by atoms with Crippen molar-refractivity contribution in [1.29, 1.82) is 0 Å². The Morgan fingerprint density at radius 3 is 2.52 bits per heavy atom. The molecule has 0 amide bonds. The van der Waals surface area contributed by atoms with Crippen molar-refractivity contribution in [3.05, 3.63) is 42.2 Å². The monoisotopic (exact) mass is 340 g/mol. The number of fused-ring (bicyclic) bond motifs is 1. The summed E-state index contributed by atoms with van der Waals surface area (Å²) < 4.78 is 2.02. The Hall–Kier alpha value is -2.67. The maximum atomic E-state index is 9.54. The third kappa shape index (κ3) is 3.88. The number of imidazole rings is 1. The quantitative estimate of drug-likeness (QED) is 0.613. The van der Waals surface area contributed by atoms with Gasteiger partial charge in [0.15, 0.2) is 17.0 Å². The summed E-state index contributed by atoms with van der Waals surface area (Å²) >= 11 is 0. The SMILES string of the molecule is CC(O)CNc1nc2c(NCc3ccccc3)ncnc2n1C(C)C. The summed E-state index contributed by atoms with van der Waals surface area (Å²) in [5.74, 6) is 1.39. The maximum absolute atomic E-state index is 9.54. The summed E-state index contributed by atoms with van der Waals surface area (Å²) in [6.45, 7) is 6.98. The van der Waals surface area contributed by atoms with Crippen LogP contribution in [0.5, 0.6) is 0 Å². The van der Waals surface area contributed by atoms with Crippen LogP contribution in [0.4, 0.5) is 11.8 Å². The summed E-state index contributed by atoms with van der Waals surface area (Å²) in [6, 6.07) is 10.3. The molecule has 0 spiro atoms. The van der Waals surface area contributed by atoms with Crippen LogP contribution in [-0.2, 0) is 6.54 Å². The molecule has 2 aromatic heterocycles. The molecule has 0 saturated carbocycles. The highest BCUT2D eigenvalue weighted by atomic mass is 16.3. The first-order valence-corrected chi connectivity index (χ1v) is 8.49. The minimum atomic E-state index is -0.456. The Morgan fingerprint density at radius 2 is 1.84 bits per heavy atom. The van der Waals surface area contributed by atoms with E-state index < -0.39 is 6.10 Å². The summed E-state index contributed by atoms with van der Waals surface area (Å²) in [6.07, 6.45) is 1.09. The first-order chi connectivity index (χ1) is 12.1. The molecular formula is C18H24N6O. The second kappa shape index (κ2) is 7.48. The number of hydrogen-bond donors (Lipinski definition) is 3. The standard InChI is InChI=1S/C18H24N6O/c1-12(2)24-17-15(23-18(24)20-9-13(3)25)16(21-11-22-17)19-10-14-7-5-4-6-8-14/h4-8,11-13,25H,9-10H2,1-3H3,(H,20,23)(H,19,21,22). The van der Waals surface area contributed by atoms with E-state index in [2.05, 4.69) is 51.6 Å². The molecule has 2 heterocycles. The largest absolute Gasteiger partial charge is 0.392 e. The van der Waals surface area contributed by atoms with Gasteiger partial charge in [-0.15, -0.1) is 0 Å². The minimum Gasteiger partial charge on any atom is -0.392 e. The molecule has 0 saturated heterocycles. The van der Waals surface area contributed by atoms with Gasteiger partial charge in [0.2, 0.25) is 5.95 Å². The molecule has 7 nitrogen and oxygen atoms in total. The lowest BCUT2D eigenvalue weighted by atomic mass is 10.2. The number of aliphatic hydroxyl groups is 1.